The maximum atomic E-state index is 11.8. The van der Waals surface area contributed by atoms with E-state index >= 15 is 0 Å². The Hall–Kier alpha value is -1.18. The van der Waals surface area contributed by atoms with E-state index in [1.807, 2.05) is 18.2 Å². The van der Waals surface area contributed by atoms with Gasteiger partial charge in [0.2, 0.25) is 5.13 Å². The Kier molecular flexibility index (Phi) is 4.14. The van der Waals surface area contributed by atoms with Crippen LogP contribution in [0.5, 0.6) is 0 Å². The quantitative estimate of drug-likeness (QED) is 0.924. The van der Waals surface area contributed by atoms with Crippen molar-refractivity contribution in [1.82, 2.24) is 10.2 Å². The van der Waals surface area contributed by atoms with Gasteiger partial charge in [0.05, 0.1) is 16.0 Å². The fourth-order valence-electron chi connectivity index (χ4n) is 2.33. The molecule has 0 bridgehead atoms. The molecule has 0 saturated carbocycles. The van der Waals surface area contributed by atoms with Gasteiger partial charge in [0.25, 0.3) is 0 Å². The lowest BCUT2D eigenvalue weighted by molar-refractivity contribution is 0.591. The molecule has 1 aliphatic heterocycles. The molecular formula is C13H14ClN3O2S2. The van der Waals surface area contributed by atoms with Gasteiger partial charge in [-0.05, 0) is 18.9 Å². The van der Waals surface area contributed by atoms with Crippen LogP contribution in [0.1, 0.15) is 12.8 Å². The Morgan fingerprint density at radius 3 is 2.86 bits per heavy atom. The van der Waals surface area contributed by atoms with Gasteiger partial charge in [-0.15, -0.1) is 10.2 Å². The summed E-state index contributed by atoms with van der Waals surface area (Å²) in [7, 11) is -2.94. The maximum absolute atomic E-state index is 11.8. The van der Waals surface area contributed by atoms with E-state index in [1.54, 1.807) is 6.07 Å². The van der Waals surface area contributed by atoms with E-state index in [2.05, 4.69) is 15.5 Å². The smallest absolute Gasteiger partial charge is 0.206 e. The first-order chi connectivity index (χ1) is 10.1. The largest absolute Gasteiger partial charge is 0.359 e. The van der Waals surface area contributed by atoms with Crippen LogP contribution in [0.2, 0.25) is 5.02 Å². The summed E-state index contributed by atoms with van der Waals surface area (Å²) in [6.45, 7) is 0.388. The van der Waals surface area contributed by atoms with E-state index in [9.17, 15) is 8.42 Å². The van der Waals surface area contributed by atoms with E-state index in [4.69, 9.17) is 11.6 Å². The SMILES string of the molecule is O=S1(=O)CCCC1CNc1nnc(-c2ccccc2Cl)s1. The molecule has 1 aromatic heterocycles. The summed E-state index contributed by atoms with van der Waals surface area (Å²) < 4.78 is 23.5. The lowest BCUT2D eigenvalue weighted by atomic mass is 10.2. The predicted octanol–water partition coefficient (Wildman–Crippen LogP) is 2.85. The molecule has 5 nitrogen and oxygen atoms in total. The first-order valence-electron chi connectivity index (χ1n) is 6.60. The van der Waals surface area contributed by atoms with Crippen molar-refractivity contribution in [2.24, 2.45) is 0 Å². The Labute approximate surface area is 132 Å². The van der Waals surface area contributed by atoms with Crippen LogP contribution in [0.3, 0.4) is 0 Å². The van der Waals surface area contributed by atoms with Crippen molar-refractivity contribution in [2.75, 3.05) is 17.6 Å². The molecule has 1 unspecified atom stereocenters. The molecule has 1 atom stereocenters. The van der Waals surface area contributed by atoms with Crippen molar-refractivity contribution in [3.05, 3.63) is 29.3 Å². The molecule has 2 aromatic rings. The van der Waals surface area contributed by atoms with Gasteiger partial charge in [-0.3, -0.25) is 0 Å². The molecule has 2 heterocycles. The highest BCUT2D eigenvalue weighted by Gasteiger charge is 2.31. The molecule has 0 aliphatic carbocycles. The van der Waals surface area contributed by atoms with Crippen molar-refractivity contribution < 1.29 is 8.42 Å². The zero-order chi connectivity index (χ0) is 14.9. The molecular weight excluding hydrogens is 330 g/mol. The van der Waals surface area contributed by atoms with E-state index in [0.717, 1.165) is 17.0 Å². The molecule has 112 valence electrons. The molecule has 8 heteroatoms. The van der Waals surface area contributed by atoms with Crippen molar-refractivity contribution in [1.29, 1.82) is 0 Å². The zero-order valence-corrected chi connectivity index (χ0v) is 13.5. The van der Waals surface area contributed by atoms with Crippen molar-refractivity contribution in [3.63, 3.8) is 0 Å². The van der Waals surface area contributed by atoms with Crippen LogP contribution in [0.15, 0.2) is 24.3 Å². The van der Waals surface area contributed by atoms with Crippen LogP contribution in [0.4, 0.5) is 5.13 Å². The molecule has 0 amide bonds. The lowest BCUT2D eigenvalue weighted by Gasteiger charge is -2.08. The van der Waals surface area contributed by atoms with Crippen LogP contribution in [-0.2, 0) is 9.84 Å². The molecule has 0 spiro atoms. The van der Waals surface area contributed by atoms with Gasteiger partial charge in [-0.2, -0.15) is 0 Å². The second-order valence-corrected chi connectivity index (χ2v) is 8.69. The number of halogens is 1. The molecule has 1 N–H and O–H groups in total. The number of rotatable bonds is 4. The summed E-state index contributed by atoms with van der Waals surface area (Å²) in [6.07, 6.45) is 1.46. The van der Waals surface area contributed by atoms with Crippen LogP contribution in [0.25, 0.3) is 10.6 Å². The van der Waals surface area contributed by atoms with E-state index < -0.39 is 9.84 Å². The van der Waals surface area contributed by atoms with Gasteiger partial charge < -0.3 is 5.32 Å². The van der Waals surface area contributed by atoms with Gasteiger partial charge in [0.15, 0.2) is 14.8 Å². The van der Waals surface area contributed by atoms with E-state index in [0.29, 0.717) is 28.9 Å². The van der Waals surface area contributed by atoms with Crippen molar-refractivity contribution in [2.45, 2.75) is 18.1 Å². The Bertz CT molecular complexity index is 745. The maximum Gasteiger partial charge on any atom is 0.206 e. The third kappa shape index (κ3) is 3.20. The standard InChI is InChI=1S/C13H14ClN3O2S2/c14-11-6-2-1-5-10(11)12-16-17-13(20-12)15-8-9-4-3-7-21(9,18)19/h1-2,5-6,9H,3-4,7-8H2,(H,15,17). The monoisotopic (exact) mass is 343 g/mol. The minimum atomic E-state index is -2.94. The summed E-state index contributed by atoms with van der Waals surface area (Å²) in [4.78, 5) is 0. The molecule has 1 fully saturated rings. The van der Waals surface area contributed by atoms with E-state index in [-0.39, 0.29) is 5.25 Å². The fourth-order valence-corrected chi connectivity index (χ4v) is 5.16. The average molecular weight is 344 g/mol. The first-order valence-corrected chi connectivity index (χ1v) is 9.51. The van der Waals surface area contributed by atoms with Crippen molar-refractivity contribution >= 4 is 37.9 Å². The molecule has 1 aromatic carbocycles. The summed E-state index contributed by atoms with van der Waals surface area (Å²) in [5.41, 5.74) is 0.832. The van der Waals surface area contributed by atoms with Gasteiger partial charge in [0.1, 0.15) is 0 Å². The third-order valence-corrected chi connectivity index (χ3v) is 6.99. The van der Waals surface area contributed by atoms with Gasteiger partial charge in [0, 0.05) is 12.1 Å². The summed E-state index contributed by atoms with van der Waals surface area (Å²) in [5, 5.41) is 12.9. The Balaban J connectivity index is 1.70. The molecule has 0 radical (unpaired) electrons. The highest BCUT2D eigenvalue weighted by atomic mass is 35.5. The Morgan fingerprint density at radius 2 is 2.14 bits per heavy atom. The van der Waals surface area contributed by atoms with Crippen LogP contribution >= 0.6 is 22.9 Å². The second-order valence-electron chi connectivity index (χ2n) is 4.90. The highest BCUT2D eigenvalue weighted by Crippen LogP contribution is 2.31. The predicted molar refractivity (Wildman–Crippen MR) is 85.7 cm³/mol. The number of nitrogens with zero attached hydrogens (tertiary/aromatic N) is 2. The molecule has 1 aliphatic rings. The molecule has 3 rings (SSSR count). The number of anilines is 1. The van der Waals surface area contributed by atoms with Gasteiger partial charge in [-0.25, -0.2) is 8.42 Å². The number of benzene rings is 1. The number of hydrogen-bond donors (Lipinski definition) is 1. The average Bonchev–Trinajstić information content (AvgIpc) is 3.03. The van der Waals surface area contributed by atoms with Crippen LogP contribution < -0.4 is 5.32 Å². The minimum absolute atomic E-state index is 0.292. The Morgan fingerprint density at radius 1 is 1.33 bits per heavy atom. The molecule has 21 heavy (non-hydrogen) atoms. The lowest BCUT2D eigenvalue weighted by Crippen LogP contribution is -2.24. The zero-order valence-electron chi connectivity index (χ0n) is 11.1. The number of nitrogens with one attached hydrogen (secondary N) is 1. The minimum Gasteiger partial charge on any atom is -0.359 e. The second kappa shape index (κ2) is 5.90. The van der Waals surface area contributed by atoms with Crippen molar-refractivity contribution in [3.8, 4) is 10.6 Å². The number of aromatic nitrogens is 2. The van der Waals surface area contributed by atoms with E-state index in [1.165, 1.54) is 11.3 Å². The van der Waals surface area contributed by atoms with Gasteiger partial charge in [-0.1, -0.05) is 41.1 Å². The first kappa shape index (κ1) is 14.7. The molecule has 1 saturated heterocycles. The fraction of sp³-hybridized carbons (Fsp3) is 0.385. The topological polar surface area (TPSA) is 72.0 Å². The number of sulfone groups is 1. The third-order valence-electron chi connectivity index (χ3n) is 3.47. The summed E-state index contributed by atoms with van der Waals surface area (Å²) in [5.74, 6) is 0.292. The summed E-state index contributed by atoms with van der Waals surface area (Å²) >= 11 is 7.50. The summed E-state index contributed by atoms with van der Waals surface area (Å²) in [6, 6.07) is 7.43. The van der Waals surface area contributed by atoms with Crippen LogP contribution in [0, 0.1) is 0 Å². The highest BCUT2D eigenvalue weighted by molar-refractivity contribution is 7.92. The number of hydrogen-bond acceptors (Lipinski definition) is 6. The van der Waals surface area contributed by atoms with Crippen LogP contribution in [-0.4, -0.2) is 36.2 Å². The van der Waals surface area contributed by atoms with Gasteiger partial charge >= 0.3 is 0 Å². The normalized spacial score (nSPS) is 20.5.